The average molecular weight is 258 g/mol. The van der Waals surface area contributed by atoms with Gasteiger partial charge in [-0.3, -0.25) is 0 Å². The molecule has 3 heteroatoms. The first-order chi connectivity index (χ1) is 4.04. The molecule has 0 fully saturated rings. The van der Waals surface area contributed by atoms with Crippen molar-refractivity contribution in [2.75, 3.05) is 0 Å². The van der Waals surface area contributed by atoms with Crippen LogP contribution in [0.15, 0.2) is 11.6 Å². The topological polar surface area (TPSA) is 20.2 Å². The Morgan fingerprint density at radius 1 is 1.44 bits per heavy atom. The van der Waals surface area contributed by atoms with E-state index in [2.05, 4.69) is 31.9 Å². The van der Waals surface area contributed by atoms with Crippen molar-refractivity contribution in [3.05, 3.63) is 11.6 Å². The van der Waals surface area contributed by atoms with Crippen LogP contribution in [0.2, 0.25) is 0 Å². The van der Waals surface area contributed by atoms with Crippen molar-refractivity contribution in [2.24, 2.45) is 0 Å². The lowest BCUT2D eigenvalue weighted by Crippen LogP contribution is -2.10. The van der Waals surface area contributed by atoms with E-state index in [1.54, 1.807) is 6.08 Å². The molecule has 0 aliphatic rings. The highest BCUT2D eigenvalue weighted by Crippen LogP contribution is 2.14. The minimum Gasteiger partial charge on any atom is -0.387 e. The highest BCUT2D eigenvalue weighted by atomic mass is 79.9. The molecule has 0 spiro atoms. The Morgan fingerprint density at radius 3 is 2.00 bits per heavy atom. The van der Waals surface area contributed by atoms with Crippen LogP contribution in [0.25, 0.3) is 0 Å². The van der Waals surface area contributed by atoms with E-state index in [0.717, 1.165) is 5.57 Å². The molecule has 0 saturated carbocycles. The van der Waals surface area contributed by atoms with Gasteiger partial charge in [-0.25, -0.2) is 0 Å². The zero-order chi connectivity index (χ0) is 7.44. The van der Waals surface area contributed by atoms with Gasteiger partial charge in [-0.2, -0.15) is 0 Å². The van der Waals surface area contributed by atoms with Crippen LogP contribution < -0.4 is 0 Å². The fourth-order valence-corrected chi connectivity index (χ4v) is 0.719. The monoisotopic (exact) mass is 256 g/mol. The molecule has 1 N–H and O–H groups in total. The van der Waals surface area contributed by atoms with Gasteiger partial charge in [0, 0.05) is 0 Å². The zero-order valence-electron chi connectivity index (χ0n) is 5.44. The first-order valence-electron chi connectivity index (χ1n) is 2.65. The molecule has 0 aromatic rings. The standard InChI is InChI=1S/C6H10Br2O/c1-4(2)3-5(9)6(7)8/h3,5-6,9H,1-2H3. The number of hydrogen-bond donors (Lipinski definition) is 1. The second kappa shape index (κ2) is 4.47. The quantitative estimate of drug-likeness (QED) is 0.595. The van der Waals surface area contributed by atoms with Crippen LogP contribution in [0.5, 0.6) is 0 Å². The number of alkyl halides is 2. The van der Waals surface area contributed by atoms with E-state index in [-0.39, 0.29) is 3.74 Å². The summed E-state index contributed by atoms with van der Waals surface area (Å²) in [6, 6.07) is 0. The van der Waals surface area contributed by atoms with E-state index >= 15 is 0 Å². The third-order valence-electron chi connectivity index (χ3n) is 0.762. The highest BCUT2D eigenvalue weighted by Gasteiger charge is 2.07. The predicted octanol–water partition coefficient (Wildman–Crippen LogP) is 2.43. The highest BCUT2D eigenvalue weighted by molar-refractivity contribution is 9.24. The molecule has 1 unspecified atom stereocenters. The summed E-state index contributed by atoms with van der Waals surface area (Å²) in [6.07, 6.45) is 1.35. The summed E-state index contributed by atoms with van der Waals surface area (Å²) < 4.78 is -0.0418. The van der Waals surface area contributed by atoms with E-state index < -0.39 is 6.10 Å². The summed E-state index contributed by atoms with van der Waals surface area (Å²) in [5.74, 6) is 0. The normalized spacial score (nSPS) is 13.6. The summed E-state index contributed by atoms with van der Waals surface area (Å²) in [7, 11) is 0. The molecule has 0 aliphatic heterocycles. The van der Waals surface area contributed by atoms with E-state index in [0.29, 0.717) is 0 Å². The van der Waals surface area contributed by atoms with Gasteiger partial charge in [0.05, 0.1) is 9.84 Å². The molecule has 54 valence electrons. The first kappa shape index (κ1) is 9.66. The molecular formula is C6H10Br2O. The predicted molar refractivity (Wildman–Crippen MR) is 47.1 cm³/mol. The molecule has 0 aromatic carbocycles. The Hall–Kier alpha value is 0.660. The van der Waals surface area contributed by atoms with Crippen molar-refractivity contribution in [3.63, 3.8) is 0 Å². The molecule has 0 rings (SSSR count). The van der Waals surface area contributed by atoms with Gasteiger partial charge >= 0.3 is 0 Å². The third kappa shape index (κ3) is 5.12. The molecule has 0 aromatic heterocycles. The van der Waals surface area contributed by atoms with E-state index in [1.807, 2.05) is 13.8 Å². The lowest BCUT2D eigenvalue weighted by molar-refractivity contribution is 0.243. The zero-order valence-corrected chi connectivity index (χ0v) is 8.61. The minimum atomic E-state index is -0.435. The Kier molecular flexibility index (Phi) is 4.80. The molecule has 1 nitrogen and oxygen atoms in total. The minimum absolute atomic E-state index is 0.0418. The van der Waals surface area contributed by atoms with Gasteiger partial charge in [0.2, 0.25) is 0 Å². The lowest BCUT2D eigenvalue weighted by atomic mass is 10.2. The van der Waals surface area contributed by atoms with Gasteiger partial charge in [0.25, 0.3) is 0 Å². The summed E-state index contributed by atoms with van der Waals surface area (Å²) in [6.45, 7) is 3.90. The van der Waals surface area contributed by atoms with Crippen molar-refractivity contribution < 1.29 is 5.11 Å². The molecule has 0 radical (unpaired) electrons. The molecule has 0 aliphatic carbocycles. The summed E-state index contributed by atoms with van der Waals surface area (Å²) in [5.41, 5.74) is 1.12. The molecule has 1 atom stereocenters. The summed E-state index contributed by atoms with van der Waals surface area (Å²) >= 11 is 6.38. The van der Waals surface area contributed by atoms with Gasteiger partial charge in [0.1, 0.15) is 0 Å². The molecule has 0 heterocycles. The molecule has 9 heavy (non-hydrogen) atoms. The maximum absolute atomic E-state index is 9.13. The van der Waals surface area contributed by atoms with Crippen molar-refractivity contribution in [3.8, 4) is 0 Å². The summed E-state index contributed by atoms with van der Waals surface area (Å²) in [4.78, 5) is 0. The van der Waals surface area contributed by atoms with Gasteiger partial charge < -0.3 is 5.11 Å². The maximum atomic E-state index is 9.13. The smallest absolute Gasteiger partial charge is 0.0992 e. The number of aliphatic hydroxyl groups is 1. The third-order valence-corrected chi connectivity index (χ3v) is 1.85. The Balaban J connectivity index is 3.76. The van der Waals surface area contributed by atoms with E-state index in [4.69, 9.17) is 5.11 Å². The number of halogens is 2. The van der Waals surface area contributed by atoms with Crippen LogP contribution in [0.4, 0.5) is 0 Å². The fourth-order valence-electron chi connectivity index (χ4n) is 0.414. The number of allylic oxidation sites excluding steroid dienone is 1. The van der Waals surface area contributed by atoms with Gasteiger partial charge in [0.15, 0.2) is 0 Å². The Labute approximate surface area is 72.4 Å². The van der Waals surface area contributed by atoms with E-state index in [9.17, 15) is 0 Å². The fraction of sp³-hybridized carbons (Fsp3) is 0.667. The average Bonchev–Trinajstić information content (AvgIpc) is 1.63. The molecule has 0 saturated heterocycles. The summed E-state index contributed by atoms with van der Waals surface area (Å²) in [5, 5.41) is 9.13. The Morgan fingerprint density at radius 2 is 1.89 bits per heavy atom. The Bertz CT molecular complexity index is 106. The SMILES string of the molecule is CC(C)=CC(O)C(Br)Br. The van der Waals surface area contributed by atoms with Crippen LogP contribution in [0.3, 0.4) is 0 Å². The van der Waals surface area contributed by atoms with Crippen LogP contribution >= 0.6 is 31.9 Å². The second-order valence-electron chi connectivity index (χ2n) is 2.07. The van der Waals surface area contributed by atoms with Crippen LogP contribution in [0.1, 0.15) is 13.8 Å². The van der Waals surface area contributed by atoms with Gasteiger partial charge in [-0.1, -0.05) is 43.5 Å². The lowest BCUT2D eigenvalue weighted by Gasteiger charge is -2.05. The molecular weight excluding hydrogens is 248 g/mol. The number of aliphatic hydroxyl groups excluding tert-OH is 1. The molecule has 0 amide bonds. The second-order valence-corrected chi connectivity index (χ2v) is 5.27. The van der Waals surface area contributed by atoms with Crippen molar-refractivity contribution >= 4 is 31.9 Å². The van der Waals surface area contributed by atoms with Crippen molar-refractivity contribution in [1.29, 1.82) is 0 Å². The number of rotatable bonds is 2. The molecule has 0 bridgehead atoms. The van der Waals surface area contributed by atoms with Crippen LogP contribution in [-0.2, 0) is 0 Å². The largest absolute Gasteiger partial charge is 0.387 e. The number of hydrogen-bond acceptors (Lipinski definition) is 1. The van der Waals surface area contributed by atoms with E-state index in [1.165, 1.54) is 0 Å². The van der Waals surface area contributed by atoms with Crippen LogP contribution in [0, 0.1) is 0 Å². The maximum Gasteiger partial charge on any atom is 0.0992 e. The first-order valence-corrected chi connectivity index (χ1v) is 4.48. The van der Waals surface area contributed by atoms with Gasteiger partial charge in [-0.15, -0.1) is 0 Å². The van der Waals surface area contributed by atoms with Crippen LogP contribution in [-0.4, -0.2) is 14.9 Å². The van der Waals surface area contributed by atoms with Crippen molar-refractivity contribution in [1.82, 2.24) is 0 Å². The van der Waals surface area contributed by atoms with Gasteiger partial charge in [-0.05, 0) is 13.8 Å². The van der Waals surface area contributed by atoms with Crippen molar-refractivity contribution in [2.45, 2.75) is 23.7 Å².